The number of amides is 1. The lowest BCUT2D eigenvalue weighted by Gasteiger charge is -2.15. The maximum atomic E-state index is 12.3. The van der Waals surface area contributed by atoms with Crippen molar-refractivity contribution >= 4 is 39.1 Å². The molecule has 0 aliphatic heterocycles. The topological polar surface area (TPSA) is 75.3 Å². The average molecular weight is 367 g/mol. The van der Waals surface area contributed by atoms with Crippen LogP contribution in [0.15, 0.2) is 23.1 Å². The lowest BCUT2D eigenvalue weighted by atomic mass is 10.1. The molecule has 124 valence electrons. The molecule has 1 aromatic carbocycles. The first kappa shape index (κ1) is 19.2. The summed E-state index contributed by atoms with van der Waals surface area (Å²) in [7, 11) is -3.93. The first-order chi connectivity index (χ1) is 10.1. The minimum atomic E-state index is -3.93. The molecule has 0 saturated carbocycles. The van der Waals surface area contributed by atoms with Gasteiger partial charge in [0.1, 0.15) is 4.90 Å². The number of hydrogen-bond donors (Lipinski definition) is 2. The van der Waals surface area contributed by atoms with E-state index in [1.807, 2.05) is 13.8 Å². The van der Waals surface area contributed by atoms with Gasteiger partial charge in [0, 0.05) is 11.6 Å². The molecule has 22 heavy (non-hydrogen) atoms. The van der Waals surface area contributed by atoms with Crippen molar-refractivity contribution < 1.29 is 13.2 Å². The Balaban J connectivity index is 2.75. The van der Waals surface area contributed by atoms with Gasteiger partial charge in [-0.25, -0.2) is 8.42 Å². The Hall–Kier alpha value is -0.820. The fraction of sp³-hybridized carbons (Fsp3) is 0.500. The molecule has 8 heteroatoms. The van der Waals surface area contributed by atoms with Crippen LogP contribution in [-0.2, 0) is 14.8 Å². The third-order valence-electron chi connectivity index (χ3n) is 2.93. The van der Waals surface area contributed by atoms with Gasteiger partial charge in [0.2, 0.25) is 15.9 Å². The molecule has 0 fully saturated rings. The molecule has 1 amide bonds. The zero-order valence-corrected chi connectivity index (χ0v) is 15.0. The summed E-state index contributed by atoms with van der Waals surface area (Å²) < 4.78 is 26.8. The van der Waals surface area contributed by atoms with E-state index in [0.29, 0.717) is 12.5 Å². The quantitative estimate of drug-likeness (QED) is 0.778. The first-order valence-corrected chi connectivity index (χ1v) is 9.12. The smallest absolute Gasteiger partial charge is 0.242 e. The van der Waals surface area contributed by atoms with Gasteiger partial charge >= 0.3 is 0 Å². The van der Waals surface area contributed by atoms with Crippen LogP contribution in [0, 0.1) is 5.92 Å². The number of halogens is 2. The lowest BCUT2D eigenvalue weighted by Crippen LogP contribution is -2.45. The number of sulfonamides is 1. The van der Waals surface area contributed by atoms with Crippen LogP contribution in [0.25, 0.3) is 0 Å². The van der Waals surface area contributed by atoms with Gasteiger partial charge in [0.25, 0.3) is 0 Å². The van der Waals surface area contributed by atoms with Crippen LogP contribution in [0.5, 0.6) is 0 Å². The monoisotopic (exact) mass is 366 g/mol. The highest BCUT2D eigenvalue weighted by Crippen LogP contribution is 2.24. The first-order valence-electron chi connectivity index (χ1n) is 6.88. The number of carbonyl (C=O) groups is 1. The number of nitrogens with one attached hydrogen (secondary N) is 2. The fourth-order valence-corrected chi connectivity index (χ4v) is 3.64. The summed E-state index contributed by atoms with van der Waals surface area (Å²) in [6, 6.07) is 3.22. The van der Waals surface area contributed by atoms with Crippen LogP contribution in [0.3, 0.4) is 0 Å². The van der Waals surface area contributed by atoms with Gasteiger partial charge in [0.15, 0.2) is 0 Å². The molecule has 1 atom stereocenters. The van der Waals surface area contributed by atoms with E-state index in [9.17, 15) is 13.2 Å². The minimum Gasteiger partial charge on any atom is -0.355 e. The fourth-order valence-electron chi connectivity index (χ4n) is 1.67. The number of rotatable bonds is 7. The number of hydrogen-bond acceptors (Lipinski definition) is 3. The highest BCUT2D eigenvalue weighted by atomic mass is 35.5. The summed E-state index contributed by atoms with van der Waals surface area (Å²) in [5.41, 5.74) is 0. The summed E-state index contributed by atoms with van der Waals surface area (Å²) in [4.78, 5) is 11.7. The van der Waals surface area contributed by atoms with Crippen LogP contribution in [0.4, 0.5) is 0 Å². The molecule has 0 aliphatic rings. The van der Waals surface area contributed by atoms with Gasteiger partial charge in [0.05, 0.1) is 11.1 Å². The van der Waals surface area contributed by atoms with Crippen LogP contribution in [-0.4, -0.2) is 26.9 Å². The molecule has 0 radical (unpaired) electrons. The SMILES string of the molecule is CC(C)CCNC(=O)[C@H](C)NS(=O)(=O)c1cc(Cl)ccc1Cl. The van der Waals surface area contributed by atoms with Crippen molar-refractivity contribution in [1.82, 2.24) is 10.0 Å². The zero-order chi connectivity index (χ0) is 16.9. The maximum Gasteiger partial charge on any atom is 0.242 e. The second-order valence-electron chi connectivity index (χ2n) is 5.39. The molecule has 2 N–H and O–H groups in total. The normalized spacial score (nSPS) is 13.2. The van der Waals surface area contributed by atoms with Gasteiger partial charge in [-0.3, -0.25) is 4.79 Å². The van der Waals surface area contributed by atoms with Crippen molar-refractivity contribution in [2.24, 2.45) is 5.92 Å². The molecule has 0 spiro atoms. The van der Waals surface area contributed by atoms with Crippen molar-refractivity contribution in [2.75, 3.05) is 6.54 Å². The van der Waals surface area contributed by atoms with E-state index in [2.05, 4.69) is 10.0 Å². The Morgan fingerprint density at radius 1 is 1.23 bits per heavy atom. The van der Waals surface area contributed by atoms with Crippen molar-refractivity contribution in [3.63, 3.8) is 0 Å². The summed E-state index contributed by atoms with van der Waals surface area (Å²) in [5, 5.41) is 2.98. The Labute approximate surface area is 141 Å². The number of benzene rings is 1. The van der Waals surface area contributed by atoms with E-state index in [-0.39, 0.29) is 20.8 Å². The summed E-state index contributed by atoms with van der Waals surface area (Å²) in [6.07, 6.45) is 0.825. The second-order valence-corrected chi connectivity index (χ2v) is 7.92. The van der Waals surface area contributed by atoms with E-state index in [1.54, 1.807) is 0 Å². The van der Waals surface area contributed by atoms with Gasteiger partial charge < -0.3 is 5.32 Å². The predicted octanol–water partition coefficient (Wildman–Crippen LogP) is 2.82. The molecule has 0 bridgehead atoms. The third kappa shape index (κ3) is 5.76. The maximum absolute atomic E-state index is 12.3. The highest BCUT2D eigenvalue weighted by Gasteiger charge is 2.24. The Morgan fingerprint density at radius 2 is 1.86 bits per heavy atom. The number of carbonyl (C=O) groups excluding carboxylic acids is 1. The molecule has 0 aliphatic carbocycles. The Bertz CT molecular complexity index is 633. The molecular formula is C14H20Cl2N2O3S. The molecular weight excluding hydrogens is 347 g/mol. The zero-order valence-electron chi connectivity index (χ0n) is 12.7. The molecule has 5 nitrogen and oxygen atoms in total. The third-order valence-corrected chi connectivity index (χ3v) is 5.19. The van der Waals surface area contributed by atoms with E-state index in [1.165, 1.54) is 25.1 Å². The molecule has 0 saturated heterocycles. The van der Waals surface area contributed by atoms with E-state index in [0.717, 1.165) is 6.42 Å². The summed E-state index contributed by atoms with van der Waals surface area (Å²) in [5.74, 6) is 0.0694. The van der Waals surface area contributed by atoms with Crippen molar-refractivity contribution in [2.45, 2.75) is 38.1 Å². The van der Waals surface area contributed by atoms with Gasteiger partial charge in [-0.15, -0.1) is 0 Å². The van der Waals surface area contributed by atoms with Crippen LogP contribution in [0.1, 0.15) is 27.2 Å². The van der Waals surface area contributed by atoms with E-state index in [4.69, 9.17) is 23.2 Å². The summed E-state index contributed by atoms with van der Waals surface area (Å²) in [6.45, 7) is 6.06. The van der Waals surface area contributed by atoms with E-state index >= 15 is 0 Å². The minimum absolute atomic E-state index is 0.0457. The van der Waals surface area contributed by atoms with Gasteiger partial charge in [-0.2, -0.15) is 4.72 Å². The standard InChI is InChI=1S/C14H20Cl2N2O3S/c1-9(2)6-7-17-14(19)10(3)18-22(20,21)13-8-11(15)4-5-12(13)16/h4-5,8-10,18H,6-7H2,1-3H3,(H,17,19)/t10-/m0/s1. The predicted molar refractivity (Wildman–Crippen MR) is 88.7 cm³/mol. The largest absolute Gasteiger partial charge is 0.355 e. The highest BCUT2D eigenvalue weighted by molar-refractivity contribution is 7.89. The molecule has 1 aromatic rings. The van der Waals surface area contributed by atoms with Crippen molar-refractivity contribution in [1.29, 1.82) is 0 Å². The van der Waals surface area contributed by atoms with Crippen LogP contribution in [0.2, 0.25) is 10.0 Å². The van der Waals surface area contributed by atoms with Crippen molar-refractivity contribution in [3.05, 3.63) is 28.2 Å². The Kier molecular flexibility index (Phi) is 7.12. The lowest BCUT2D eigenvalue weighted by molar-refractivity contribution is -0.122. The molecule has 0 heterocycles. The van der Waals surface area contributed by atoms with Gasteiger partial charge in [-0.05, 0) is 37.5 Å². The summed E-state index contributed by atoms with van der Waals surface area (Å²) >= 11 is 11.7. The molecule has 1 rings (SSSR count). The second kappa shape index (κ2) is 8.15. The molecule has 0 unspecified atom stereocenters. The van der Waals surface area contributed by atoms with E-state index < -0.39 is 16.1 Å². The van der Waals surface area contributed by atoms with Crippen LogP contribution >= 0.6 is 23.2 Å². The molecule has 0 aromatic heterocycles. The van der Waals surface area contributed by atoms with Gasteiger partial charge in [-0.1, -0.05) is 37.0 Å². The van der Waals surface area contributed by atoms with Crippen LogP contribution < -0.4 is 10.0 Å². The van der Waals surface area contributed by atoms with Crippen molar-refractivity contribution in [3.8, 4) is 0 Å². The Morgan fingerprint density at radius 3 is 2.45 bits per heavy atom. The average Bonchev–Trinajstić information content (AvgIpc) is 2.40.